The Morgan fingerprint density at radius 2 is 1.88 bits per heavy atom. The molecule has 0 saturated heterocycles. The van der Waals surface area contributed by atoms with Crippen LogP contribution in [0.4, 0.5) is 0 Å². The van der Waals surface area contributed by atoms with Crippen molar-refractivity contribution in [3.05, 3.63) is 33.4 Å². The molecule has 1 aromatic carbocycles. The fraction of sp³-hybridized carbons (Fsp3) is 0.333. The lowest BCUT2D eigenvalue weighted by Crippen LogP contribution is -2.48. The molecule has 7 nitrogen and oxygen atoms in total. The van der Waals surface area contributed by atoms with Crippen LogP contribution in [-0.2, 0) is 14.3 Å². The zero-order chi connectivity index (χ0) is 17.9. The summed E-state index contributed by atoms with van der Waals surface area (Å²) in [6.45, 7) is 2.22. The van der Waals surface area contributed by atoms with Gasteiger partial charge in [-0.25, -0.2) is 0 Å². The molecule has 0 spiro atoms. The monoisotopic (exact) mass is 463 g/mol. The number of esters is 1. The molecule has 0 aliphatic rings. The molecule has 0 aliphatic heterocycles. The number of rotatable bonds is 6. The SMILES string of the molecule is CCCOC(=O)CCC(=O)NC(=S)NNC(=O)c1ccccc1I. The van der Waals surface area contributed by atoms with Gasteiger partial charge in [-0.05, 0) is 53.4 Å². The quantitative estimate of drug-likeness (QED) is 0.257. The van der Waals surface area contributed by atoms with Crippen LogP contribution in [0.5, 0.6) is 0 Å². The van der Waals surface area contributed by atoms with E-state index in [1.807, 2.05) is 35.6 Å². The maximum Gasteiger partial charge on any atom is 0.306 e. The van der Waals surface area contributed by atoms with Crippen LogP contribution in [0.15, 0.2) is 24.3 Å². The second-order valence-electron chi connectivity index (χ2n) is 4.66. The van der Waals surface area contributed by atoms with Crippen molar-refractivity contribution in [2.24, 2.45) is 0 Å². The van der Waals surface area contributed by atoms with Gasteiger partial charge < -0.3 is 10.1 Å². The minimum Gasteiger partial charge on any atom is -0.466 e. The van der Waals surface area contributed by atoms with Crippen LogP contribution in [0, 0.1) is 3.57 Å². The highest BCUT2D eigenvalue weighted by Crippen LogP contribution is 2.10. The Hall–Kier alpha value is -1.75. The Kier molecular flexibility index (Phi) is 9.23. The minimum absolute atomic E-state index is 0.0248. The van der Waals surface area contributed by atoms with Gasteiger partial charge in [-0.2, -0.15) is 0 Å². The summed E-state index contributed by atoms with van der Waals surface area (Å²) < 4.78 is 5.65. The molecule has 3 N–H and O–H groups in total. The van der Waals surface area contributed by atoms with Crippen LogP contribution in [0.1, 0.15) is 36.5 Å². The van der Waals surface area contributed by atoms with E-state index in [1.54, 1.807) is 18.2 Å². The predicted molar refractivity (Wildman–Crippen MR) is 101 cm³/mol. The molecule has 24 heavy (non-hydrogen) atoms. The molecule has 130 valence electrons. The minimum atomic E-state index is -0.440. The lowest BCUT2D eigenvalue weighted by molar-refractivity contribution is -0.144. The molecule has 0 radical (unpaired) electrons. The Morgan fingerprint density at radius 3 is 2.54 bits per heavy atom. The number of carbonyl (C=O) groups excluding carboxylic acids is 3. The molecule has 0 bridgehead atoms. The smallest absolute Gasteiger partial charge is 0.306 e. The third-order valence-corrected chi connectivity index (χ3v) is 3.83. The Bertz CT molecular complexity index is 624. The maximum absolute atomic E-state index is 12.0. The van der Waals surface area contributed by atoms with Gasteiger partial charge in [0.15, 0.2) is 5.11 Å². The number of carbonyl (C=O) groups is 3. The van der Waals surface area contributed by atoms with Crippen molar-refractivity contribution < 1.29 is 19.1 Å². The van der Waals surface area contributed by atoms with Gasteiger partial charge in [0.25, 0.3) is 5.91 Å². The van der Waals surface area contributed by atoms with Crippen LogP contribution in [0.2, 0.25) is 0 Å². The third kappa shape index (κ3) is 7.68. The second kappa shape index (κ2) is 10.9. The van der Waals surface area contributed by atoms with Crippen molar-refractivity contribution in [2.75, 3.05) is 6.61 Å². The number of thiocarbonyl (C=S) groups is 1. The fourth-order valence-corrected chi connectivity index (χ4v) is 2.35. The third-order valence-electron chi connectivity index (χ3n) is 2.68. The zero-order valence-electron chi connectivity index (χ0n) is 13.1. The van der Waals surface area contributed by atoms with E-state index in [-0.39, 0.29) is 23.9 Å². The van der Waals surface area contributed by atoms with Gasteiger partial charge in [0.1, 0.15) is 0 Å². The van der Waals surface area contributed by atoms with Crippen LogP contribution < -0.4 is 16.2 Å². The van der Waals surface area contributed by atoms with Gasteiger partial charge in [0, 0.05) is 9.99 Å². The number of hydrogen-bond acceptors (Lipinski definition) is 5. The highest BCUT2D eigenvalue weighted by atomic mass is 127. The normalized spacial score (nSPS) is 9.75. The van der Waals surface area contributed by atoms with E-state index in [4.69, 9.17) is 17.0 Å². The first kappa shape index (κ1) is 20.3. The molecule has 0 saturated carbocycles. The van der Waals surface area contributed by atoms with E-state index < -0.39 is 11.9 Å². The molecule has 2 amide bonds. The average molecular weight is 463 g/mol. The van der Waals surface area contributed by atoms with Gasteiger partial charge in [-0.1, -0.05) is 19.1 Å². The first-order chi connectivity index (χ1) is 11.4. The van der Waals surface area contributed by atoms with E-state index in [1.165, 1.54) is 0 Å². The summed E-state index contributed by atoms with van der Waals surface area (Å²) in [5.74, 6) is -1.25. The van der Waals surface area contributed by atoms with Gasteiger partial charge >= 0.3 is 5.97 Å². The molecule has 0 fully saturated rings. The number of amides is 2. The predicted octanol–water partition coefficient (Wildman–Crippen LogP) is 1.66. The summed E-state index contributed by atoms with van der Waals surface area (Å²) in [6, 6.07) is 7.03. The summed E-state index contributed by atoms with van der Waals surface area (Å²) in [7, 11) is 0. The lowest BCUT2D eigenvalue weighted by Gasteiger charge is -2.11. The number of hydrazine groups is 1. The van der Waals surface area contributed by atoms with Crippen LogP contribution in [0.3, 0.4) is 0 Å². The van der Waals surface area contributed by atoms with E-state index in [0.717, 1.165) is 9.99 Å². The van der Waals surface area contributed by atoms with Crippen LogP contribution in [0.25, 0.3) is 0 Å². The molecule has 1 aromatic rings. The Balaban J connectivity index is 2.31. The van der Waals surface area contributed by atoms with Crippen molar-refractivity contribution >= 4 is 57.7 Å². The van der Waals surface area contributed by atoms with Crippen LogP contribution >= 0.6 is 34.8 Å². The van der Waals surface area contributed by atoms with E-state index in [9.17, 15) is 14.4 Å². The number of hydrogen-bond donors (Lipinski definition) is 3. The maximum atomic E-state index is 12.0. The summed E-state index contributed by atoms with van der Waals surface area (Å²) in [5, 5.41) is 2.32. The largest absolute Gasteiger partial charge is 0.466 e. The molecular weight excluding hydrogens is 445 g/mol. The molecule has 9 heteroatoms. The fourth-order valence-electron chi connectivity index (χ4n) is 1.55. The molecule has 0 aliphatic carbocycles. The Morgan fingerprint density at radius 1 is 1.17 bits per heavy atom. The highest BCUT2D eigenvalue weighted by molar-refractivity contribution is 14.1. The molecule has 0 atom stereocenters. The average Bonchev–Trinajstić information content (AvgIpc) is 2.56. The van der Waals surface area contributed by atoms with Crippen molar-refractivity contribution in [3.8, 4) is 0 Å². The van der Waals surface area contributed by atoms with Gasteiger partial charge in [-0.15, -0.1) is 0 Å². The Labute approximate surface area is 159 Å². The number of halogens is 1. The summed E-state index contributed by atoms with van der Waals surface area (Å²) >= 11 is 6.95. The molecule has 0 unspecified atom stereocenters. The molecule has 0 heterocycles. The molecule has 0 aromatic heterocycles. The second-order valence-corrected chi connectivity index (χ2v) is 6.23. The summed E-state index contributed by atoms with van der Waals surface area (Å²) in [5.41, 5.74) is 5.32. The topological polar surface area (TPSA) is 96.5 Å². The lowest BCUT2D eigenvalue weighted by atomic mass is 10.2. The zero-order valence-corrected chi connectivity index (χ0v) is 16.0. The number of nitrogens with one attached hydrogen (secondary N) is 3. The van der Waals surface area contributed by atoms with Gasteiger partial charge in [0.2, 0.25) is 5.91 Å². The highest BCUT2D eigenvalue weighted by Gasteiger charge is 2.11. The number of ether oxygens (including phenoxy) is 1. The first-order valence-corrected chi connectivity index (χ1v) is 8.73. The van der Waals surface area contributed by atoms with Crippen molar-refractivity contribution in [1.82, 2.24) is 16.2 Å². The summed E-state index contributed by atoms with van der Waals surface area (Å²) in [6.07, 6.45) is 0.657. The van der Waals surface area contributed by atoms with E-state index >= 15 is 0 Å². The van der Waals surface area contributed by atoms with Crippen molar-refractivity contribution in [1.29, 1.82) is 0 Å². The van der Waals surface area contributed by atoms with E-state index in [2.05, 4.69) is 16.2 Å². The van der Waals surface area contributed by atoms with E-state index in [0.29, 0.717) is 12.2 Å². The number of benzene rings is 1. The first-order valence-electron chi connectivity index (χ1n) is 7.24. The van der Waals surface area contributed by atoms with Gasteiger partial charge in [-0.3, -0.25) is 25.2 Å². The molecular formula is C15H18IN3O4S. The summed E-state index contributed by atoms with van der Waals surface area (Å²) in [4.78, 5) is 34.9. The molecule has 1 rings (SSSR count). The van der Waals surface area contributed by atoms with Crippen molar-refractivity contribution in [3.63, 3.8) is 0 Å². The van der Waals surface area contributed by atoms with Gasteiger partial charge in [0.05, 0.1) is 18.6 Å². The standard InChI is InChI=1S/C15H18IN3O4S/c1-2-9-23-13(21)8-7-12(20)17-15(24)19-18-14(22)10-5-3-4-6-11(10)16/h3-6H,2,7-9H2,1H3,(H,18,22)(H2,17,19,20,24). The van der Waals surface area contributed by atoms with Crippen LogP contribution in [-0.4, -0.2) is 29.5 Å². The van der Waals surface area contributed by atoms with Crippen molar-refractivity contribution in [2.45, 2.75) is 26.2 Å².